The van der Waals surface area contributed by atoms with Crippen molar-refractivity contribution < 1.29 is 9.59 Å². The normalized spacial score (nSPS) is 11.6. The Kier molecular flexibility index (Phi) is 7.29. The number of benzene rings is 1. The SMILES string of the molecule is CCC(C)NC(=O)CCNC(=O)NCc1ccc(C)cc1. The Hall–Kier alpha value is -2.04. The zero-order valence-corrected chi connectivity index (χ0v) is 13.0. The smallest absolute Gasteiger partial charge is 0.315 e. The zero-order chi connectivity index (χ0) is 15.7. The third-order valence-corrected chi connectivity index (χ3v) is 3.23. The van der Waals surface area contributed by atoms with E-state index in [9.17, 15) is 9.59 Å². The van der Waals surface area contributed by atoms with Crippen LogP contribution in [0.2, 0.25) is 0 Å². The summed E-state index contributed by atoms with van der Waals surface area (Å²) in [5, 5.41) is 8.29. The Bertz CT molecular complexity index is 457. The molecule has 3 amide bonds. The van der Waals surface area contributed by atoms with Gasteiger partial charge in [0.05, 0.1) is 0 Å². The Morgan fingerprint density at radius 3 is 2.43 bits per heavy atom. The van der Waals surface area contributed by atoms with Gasteiger partial charge in [0.1, 0.15) is 0 Å². The van der Waals surface area contributed by atoms with Crippen molar-refractivity contribution in [2.45, 2.75) is 46.2 Å². The van der Waals surface area contributed by atoms with Crippen molar-refractivity contribution in [2.24, 2.45) is 0 Å². The molecule has 0 aliphatic carbocycles. The van der Waals surface area contributed by atoms with Crippen molar-refractivity contribution in [1.82, 2.24) is 16.0 Å². The van der Waals surface area contributed by atoms with E-state index in [4.69, 9.17) is 0 Å². The van der Waals surface area contributed by atoms with Crippen molar-refractivity contribution in [3.8, 4) is 0 Å². The van der Waals surface area contributed by atoms with Crippen molar-refractivity contribution in [2.75, 3.05) is 6.54 Å². The van der Waals surface area contributed by atoms with Crippen LogP contribution in [0.1, 0.15) is 37.8 Å². The van der Waals surface area contributed by atoms with Crippen LogP contribution in [-0.4, -0.2) is 24.5 Å². The van der Waals surface area contributed by atoms with Gasteiger partial charge in [0, 0.05) is 25.6 Å². The highest BCUT2D eigenvalue weighted by molar-refractivity contribution is 5.78. The quantitative estimate of drug-likeness (QED) is 0.720. The van der Waals surface area contributed by atoms with Crippen molar-refractivity contribution in [3.05, 3.63) is 35.4 Å². The fourth-order valence-electron chi connectivity index (χ4n) is 1.69. The molecule has 0 aromatic heterocycles. The predicted octanol–water partition coefficient (Wildman–Crippen LogP) is 2.10. The molecule has 5 heteroatoms. The fraction of sp³-hybridized carbons (Fsp3) is 0.500. The Balaban J connectivity index is 2.16. The van der Waals surface area contributed by atoms with Crippen LogP contribution in [0.4, 0.5) is 4.79 Å². The van der Waals surface area contributed by atoms with E-state index < -0.39 is 0 Å². The highest BCUT2D eigenvalue weighted by Crippen LogP contribution is 2.02. The van der Waals surface area contributed by atoms with Gasteiger partial charge in [0.25, 0.3) is 0 Å². The molecule has 116 valence electrons. The number of urea groups is 1. The van der Waals surface area contributed by atoms with Crippen LogP contribution in [-0.2, 0) is 11.3 Å². The van der Waals surface area contributed by atoms with E-state index in [1.165, 1.54) is 5.56 Å². The number of carbonyl (C=O) groups excluding carboxylic acids is 2. The number of rotatable bonds is 7. The van der Waals surface area contributed by atoms with E-state index >= 15 is 0 Å². The summed E-state index contributed by atoms with van der Waals surface area (Å²) >= 11 is 0. The second-order valence-electron chi connectivity index (χ2n) is 5.22. The highest BCUT2D eigenvalue weighted by atomic mass is 16.2. The molecule has 0 bridgehead atoms. The van der Waals surface area contributed by atoms with E-state index in [0.717, 1.165) is 12.0 Å². The van der Waals surface area contributed by atoms with Crippen LogP contribution in [0.3, 0.4) is 0 Å². The molecular weight excluding hydrogens is 266 g/mol. The minimum atomic E-state index is -0.257. The lowest BCUT2D eigenvalue weighted by molar-refractivity contribution is -0.121. The molecular formula is C16H25N3O2. The Morgan fingerprint density at radius 2 is 1.81 bits per heavy atom. The molecule has 1 aromatic carbocycles. The molecule has 5 nitrogen and oxygen atoms in total. The molecule has 1 atom stereocenters. The molecule has 0 aliphatic rings. The minimum absolute atomic E-state index is 0.0387. The number of amides is 3. The summed E-state index contributed by atoms with van der Waals surface area (Å²) in [4.78, 5) is 23.1. The lowest BCUT2D eigenvalue weighted by atomic mass is 10.1. The summed E-state index contributed by atoms with van der Waals surface area (Å²) in [7, 11) is 0. The van der Waals surface area contributed by atoms with Gasteiger partial charge >= 0.3 is 6.03 Å². The number of nitrogens with one attached hydrogen (secondary N) is 3. The lowest BCUT2D eigenvalue weighted by Gasteiger charge is -2.12. The molecule has 0 saturated carbocycles. The van der Waals surface area contributed by atoms with Gasteiger partial charge in [0.15, 0.2) is 0 Å². The van der Waals surface area contributed by atoms with E-state index in [1.54, 1.807) is 0 Å². The maximum atomic E-state index is 11.6. The van der Waals surface area contributed by atoms with Gasteiger partial charge in [-0.15, -0.1) is 0 Å². The average molecular weight is 291 g/mol. The predicted molar refractivity (Wildman–Crippen MR) is 83.9 cm³/mol. The first kappa shape index (κ1) is 17.0. The number of hydrogen-bond donors (Lipinski definition) is 3. The van der Waals surface area contributed by atoms with Crippen LogP contribution in [0.15, 0.2) is 24.3 Å². The van der Waals surface area contributed by atoms with Crippen molar-refractivity contribution >= 4 is 11.9 Å². The molecule has 0 heterocycles. The minimum Gasteiger partial charge on any atom is -0.354 e. The van der Waals surface area contributed by atoms with E-state index in [1.807, 2.05) is 45.0 Å². The molecule has 1 unspecified atom stereocenters. The highest BCUT2D eigenvalue weighted by Gasteiger charge is 2.06. The summed E-state index contributed by atoms with van der Waals surface area (Å²) in [5.41, 5.74) is 2.24. The van der Waals surface area contributed by atoms with Gasteiger partial charge in [0.2, 0.25) is 5.91 Å². The third-order valence-electron chi connectivity index (χ3n) is 3.23. The summed E-state index contributed by atoms with van der Waals surface area (Å²) in [6.07, 6.45) is 1.19. The molecule has 1 rings (SSSR count). The zero-order valence-electron chi connectivity index (χ0n) is 13.0. The third kappa shape index (κ3) is 7.34. The second kappa shape index (κ2) is 9.00. The molecule has 0 saturated heterocycles. The fourth-order valence-corrected chi connectivity index (χ4v) is 1.69. The van der Waals surface area contributed by atoms with Gasteiger partial charge in [-0.05, 0) is 25.8 Å². The monoisotopic (exact) mass is 291 g/mol. The molecule has 3 N–H and O–H groups in total. The van der Waals surface area contributed by atoms with Crippen LogP contribution >= 0.6 is 0 Å². The van der Waals surface area contributed by atoms with E-state index in [2.05, 4.69) is 16.0 Å². The van der Waals surface area contributed by atoms with Crippen LogP contribution in [0.5, 0.6) is 0 Å². The van der Waals surface area contributed by atoms with Crippen molar-refractivity contribution in [3.63, 3.8) is 0 Å². The maximum Gasteiger partial charge on any atom is 0.315 e. The van der Waals surface area contributed by atoms with Crippen LogP contribution in [0, 0.1) is 6.92 Å². The van der Waals surface area contributed by atoms with Crippen LogP contribution in [0.25, 0.3) is 0 Å². The van der Waals surface area contributed by atoms with Gasteiger partial charge in [-0.2, -0.15) is 0 Å². The first-order chi connectivity index (χ1) is 10.0. The summed E-state index contributed by atoms with van der Waals surface area (Å²) in [6.45, 7) is 6.81. The largest absolute Gasteiger partial charge is 0.354 e. The molecule has 0 fully saturated rings. The Morgan fingerprint density at radius 1 is 1.14 bits per heavy atom. The van der Waals surface area contributed by atoms with Gasteiger partial charge in [-0.25, -0.2) is 4.79 Å². The van der Waals surface area contributed by atoms with E-state index in [0.29, 0.717) is 19.5 Å². The maximum absolute atomic E-state index is 11.6. The van der Waals surface area contributed by atoms with Crippen molar-refractivity contribution in [1.29, 1.82) is 0 Å². The number of carbonyl (C=O) groups is 2. The lowest BCUT2D eigenvalue weighted by Crippen LogP contribution is -2.38. The second-order valence-corrected chi connectivity index (χ2v) is 5.22. The first-order valence-electron chi connectivity index (χ1n) is 7.38. The first-order valence-corrected chi connectivity index (χ1v) is 7.38. The molecule has 1 aromatic rings. The summed E-state index contributed by atoms with van der Waals surface area (Å²) < 4.78 is 0. The Labute approximate surface area is 126 Å². The van der Waals surface area contributed by atoms with E-state index in [-0.39, 0.29) is 18.0 Å². The molecule has 0 radical (unpaired) electrons. The average Bonchev–Trinajstić information content (AvgIpc) is 2.46. The summed E-state index contributed by atoms with van der Waals surface area (Å²) in [6, 6.07) is 7.90. The van der Waals surface area contributed by atoms with Crippen LogP contribution < -0.4 is 16.0 Å². The molecule has 0 aliphatic heterocycles. The standard InChI is InChI=1S/C16H25N3O2/c1-4-13(3)19-15(20)9-10-17-16(21)18-11-14-7-5-12(2)6-8-14/h5-8,13H,4,9-11H2,1-3H3,(H,19,20)(H2,17,18,21). The number of aryl methyl sites for hydroxylation is 1. The van der Waals surface area contributed by atoms with Gasteiger partial charge in [-0.1, -0.05) is 36.8 Å². The van der Waals surface area contributed by atoms with Gasteiger partial charge in [-0.3, -0.25) is 4.79 Å². The molecule has 21 heavy (non-hydrogen) atoms. The topological polar surface area (TPSA) is 70.2 Å². The summed E-state index contributed by atoms with van der Waals surface area (Å²) in [5.74, 6) is -0.0387. The van der Waals surface area contributed by atoms with Gasteiger partial charge < -0.3 is 16.0 Å². The number of hydrogen-bond acceptors (Lipinski definition) is 2. The molecule has 0 spiro atoms.